The van der Waals surface area contributed by atoms with Crippen LogP contribution in [0.25, 0.3) is 0 Å². The first kappa shape index (κ1) is 14.1. The van der Waals surface area contributed by atoms with Gasteiger partial charge in [0.25, 0.3) is 0 Å². The van der Waals surface area contributed by atoms with E-state index >= 15 is 0 Å². The fourth-order valence-electron chi connectivity index (χ4n) is 1.23. The molecule has 0 aromatic rings. The van der Waals surface area contributed by atoms with Crippen molar-refractivity contribution in [3.63, 3.8) is 0 Å². The van der Waals surface area contributed by atoms with E-state index in [0.29, 0.717) is 0 Å². The third-order valence-electron chi connectivity index (χ3n) is 2.05. The average molecular weight is 214 g/mol. The Kier molecular flexibility index (Phi) is 4.08. The summed E-state index contributed by atoms with van der Waals surface area (Å²) < 4.78 is 5.21. The van der Waals surface area contributed by atoms with Crippen molar-refractivity contribution in [2.45, 2.75) is 54.1 Å². The Morgan fingerprint density at radius 3 is 1.67 bits per heavy atom. The van der Waals surface area contributed by atoms with Crippen LogP contribution in [0.15, 0.2) is 0 Å². The number of carbonyl (C=O) groups is 2. The Morgan fingerprint density at radius 2 is 1.40 bits per heavy atom. The summed E-state index contributed by atoms with van der Waals surface area (Å²) in [6, 6.07) is 0. The van der Waals surface area contributed by atoms with Gasteiger partial charge in [0.1, 0.15) is 11.0 Å². The van der Waals surface area contributed by atoms with Crippen LogP contribution in [0.5, 0.6) is 0 Å². The number of Topliss-reactive ketones (excluding diaryl/α,β-unsaturated/α-hetero) is 1. The Balaban J connectivity index is 4.75. The minimum atomic E-state index is -1.05. The standard InChI is InChI=1S/C12H22O3/c1-8(2)9(13)12(6,7)10(14)15-11(3,4)5/h8H,1-7H3. The maximum Gasteiger partial charge on any atom is 0.319 e. The van der Waals surface area contributed by atoms with Crippen LogP contribution in [-0.2, 0) is 14.3 Å². The van der Waals surface area contributed by atoms with Crippen molar-refractivity contribution in [3.8, 4) is 0 Å². The van der Waals surface area contributed by atoms with E-state index in [9.17, 15) is 9.59 Å². The van der Waals surface area contributed by atoms with Gasteiger partial charge >= 0.3 is 5.97 Å². The molecule has 0 unspecified atom stereocenters. The average Bonchev–Trinajstić information content (AvgIpc) is 1.99. The van der Waals surface area contributed by atoms with E-state index in [1.165, 1.54) is 0 Å². The van der Waals surface area contributed by atoms with Crippen LogP contribution in [0, 0.1) is 11.3 Å². The van der Waals surface area contributed by atoms with E-state index in [4.69, 9.17) is 4.74 Å². The third-order valence-corrected chi connectivity index (χ3v) is 2.05. The van der Waals surface area contributed by atoms with Crippen LogP contribution >= 0.6 is 0 Å². The molecule has 0 aliphatic rings. The van der Waals surface area contributed by atoms with E-state index < -0.39 is 17.0 Å². The van der Waals surface area contributed by atoms with Gasteiger partial charge in [-0.15, -0.1) is 0 Å². The summed E-state index contributed by atoms with van der Waals surface area (Å²) in [5, 5.41) is 0. The Labute approximate surface area is 92.2 Å². The van der Waals surface area contributed by atoms with Crippen molar-refractivity contribution >= 4 is 11.8 Å². The molecule has 88 valence electrons. The first-order valence-corrected chi connectivity index (χ1v) is 5.26. The lowest BCUT2D eigenvalue weighted by atomic mass is 9.82. The topological polar surface area (TPSA) is 43.4 Å². The number of carbonyl (C=O) groups excluding carboxylic acids is 2. The molecule has 0 saturated heterocycles. The molecule has 0 bridgehead atoms. The highest BCUT2D eigenvalue weighted by molar-refractivity contribution is 6.03. The summed E-state index contributed by atoms with van der Waals surface area (Å²) in [5.41, 5.74) is -1.60. The zero-order valence-electron chi connectivity index (χ0n) is 10.8. The van der Waals surface area contributed by atoms with Gasteiger partial charge in [-0.3, -0.25) is 9.59 Å². The van der Waals surface area contributed by atoms with Crippen molar-refractivity contribution in [3.05, 3.63) is 0 Å². The van der Waals surface area contributed by atoms with Crippen molar-refractivity contribution in [1.29, 1.82) is 0 Å². The SMILES string of the molecule is CC(C)C(=O)C(C)(C)C(=O)OC(C)(C)C. The summed E-state index contributed by atoms with van der Waals surface area (Å²) >= 11 is 0. The Bertz CT molecular complexity index is 257. The largest absolute Gasteiger partial charge is 0.459 e. The summed E-state index contributed by atoms with van der Waals surface area (Å²) in [4.78, 5) is 23.6. The molecule has 3 nitrogen and oxygen atoms in total. The predicted molar refractivity (Wildman–Crippen MR) is 59.5 cm³/mol. The monoisotopic (exact) mass is 214 g/mol. The van der Waals surface area contributed by atoms with Gasteiger partial charge in [-0.1, -0.05) is 13.8 Å². The maximum absolute atomic E-state index is 11.8. The molecular weight excluding hydrogens is 192 g/mol. The first-order chi connectivity index (χ1) is 6.48. The summed E-state index contributed by atoms with van der Waals surface area (Å²) in [7, 11) is 0. The van der Waals surface area contributed by atoms with Gasteiger partial charge in [-0.25, -0.2) is 0 Å². The number of hydrogen-bond acceptors (Lipinski definition) is 3. The van der Waals surface area contributed by atoms with Crippen LogP contribution in [0.2, 0.25) is 0 Å². The van der Waals surface area contributed by atoms with Crippen molar-refractivity contribution in [2.75, 3.05) is 0 Å². The van der Waals surface area contributed by atoms with Gasteiger partial charge in [-0.05, 0) is 34.6 Å². The minimum Gasteiger partial charge on any atom is -0.459 e. The Morgan fingerprint density at radius 1 is 1.00 bits per heavy atom. The molecule has 0 heterocycles. The molecule has 15 heavy (non-hydrogen) atoms. The molecule has 0 amide bonds. The summed E-state index contributed by atoms with van der Waals surface area (Å²) in [6.07, 6.45) is 0. The number of ether oxygens (including phenoxy) is 1. The molecule has 3 heteroatoms. The fourth-order valence-corrected chi connectivity index (χ4v) is 1.23. The smallest absolute Gasteiger partial charge is 0.319 e. The molecule has 0 N–H and O–H groups in total. The molecule has 0 saturated carbocycles. The van der Waals surface area contributed by atoms with Crippen LogP contribution in [0.1, 0.15) is 48.5 Å². The van der Waals surface area contributed by atoms with Crippen LogP contribution < -0.4 is 0 Å². The number of rotatable bonds is 3. The lowest BCUT2D eigenvalue weighted by Crippen LogP contribution is -2.41. The molecule has 0 aromatic carbocycles. The minimum absolute atomic E-state index is 0.0863. The summed E-state index contributed by atoms with van der Waals surface area (Å²) in [5.74, 6) is -0.696. The van der Waals surface area contributed by atoms with Crippen LogP contribution in [0.3, 0.4) is 0 Å². The van der Waals surface area contributed by atoms with Gasteiger partial charge in [0.15, 0.2) is 5.78 Å². The van der Waals surface area contributed by atoms with Crippen molar-refractivity contribution < 1.29 is 14.3 Å². The second-order valence-corrected chi connectivity index (χ2v) is 5.65. The van der Waals surface area contributed by atoms with E-state index in [2.05, 4.69) is 0 Å². The molecule has 0 atom stereocenters. The van der Waals surface area contributed by atoms with E-state index in [1.54, 1.807) is 48.5 Å². The molecule has 0 aromatic heterocycles. The highest BCUT2D eigenvalue weighted by Crippen LogP contribution is 2.25. The fraction of sp³-hybridized carbons (Fsp3) is 0.833. The normalized spacial score (nSPS) is 12.8. The lowest BCUT2D eigenvalue weighted by molar-refractivity contribution is -0.169. The molecule has 0 fully saturated rings. The van der Waals surface area contributed by atoms with E-state index in [1.807, 2.05) is 0 Å². The van der Waals surface area contributed by atoms with Crippen LogP contribution in [-0.4, -0.2) is 17.4 Å². The molecular formula is C12H22O3. The molecule has 0 radical (unpaired) electrons. The zero-order valence-corrected chi connectivity index (χ0v) is 10.8. The zero-order chi connectivity index (χ0) is 12.4. The van der Waals surface area contributed by atoms with Gasteiger partial charge in [0, 0.05) is 5.92 Å². The first-order valence-electron chi connectivity index (χ1n) is 5.26. The highest BCUT2D eigenvalue weighted by Gasteiger charge is 2.40. The highest BCUT2D eigenvalue weighted by atomic mass is 16.6. The molecule has 0 aliphatic carbocycles. The third kappa shape index (κ3) is 4.02. The summed E-state index contributed by atoms with van der Waals surface area (Å²) in [6.45, 7) is 12.2. The van der Waals surface area contributed by atoms with Gasteiger partial charge in [0.2, 0.25) is 0 Å². The van der Waals surface area contributed by atoms with Gasteiger partial charge < -0.3 is 4.74 Å². The molecule has 0 rings (SSSR count). The predicted octanol–water partition coefficient (Wildman–Crippen LogP) is 2.58. The van der Waals surface area contributed by atoms with Crippen LogP contribution in [0.4, 0.5) is 0 Å². The maximum atomic E-state index is 11.8. The van der Waals surface area contributed by atoms with Gasteiger partial charge in [0.05, 0.1) is 0 Å². The van der Waals surface area contributed by atoms with Gasteiger partial charge in [-0.2, -0.15) is 0 Å². The van der Waals surface area contributed by atoms with Crippen molar-refractivity contribution in [1.82, 2.24) is 0 Å². The number of ketones is 1. The van der Waals surface area contributed by atoms with E-state index in [0.717, 1.165) is 0 Å². The Hall–Kier alpha value is -0.860. The van der Waals surface area contributed by atoms with Crippen molar-refractivity contribution in [2.24, 2.45) is 11.3 Å². The second kappa shape index (κ2) is 4.33. The quantitative estimate of drug-likeness (QED) is 0.535. The number of hydrogen-bond donors (Lipinski definition) is 0. The molecule has 0 aliphatic heterocycles. The second-order valence-electron chi connectivity index (χ2n) is 5.65. The molecule has 0 spiro atoms. The lowest BCUT2D eigenvalue weighted by Gasteiger charge is -2.28. The van der Waals surface area contributed by atoms with E-state index in [-0.39, 0.29) is 11.7 Å². The number of esters is 1.